The van der Waals surface area contributed by atoms with Gasteiger partial charge in [-0.15, -0.1) is 0 Å². The number of aryl methyl sites for hydroxylation is 7. The van der Waals surface area contributed by atoms with E-state index in [1.165, 1.54) is 32.9 Å². The number of carboxylic acids is 1. The van der Waals surface area contributed by atoms with Gasteiger partial charge < -0.3 is 59.2 Å². The monoisotopic (exact) mass is 1560 g/mol. The molecule has 4 aliphatic heterocycles. The second kappa shape index (κ2) is 50.4. The number of hydrogen-bond acceptors (Lipinski definition) is 25. The SMILES string of the molecule is C1CCNC1.CC(C)(C)OC(=O)N1CCCc2ccc(CCC(=O)O)nc21.CC(C)(C)OC(=O)N1CCCc2ccc(CCC=O)nc21.CCOC(=O)CCC(C)=O.CCOC(=O)CCc1ccc2cccnc2n1.CN(C)C(=O)CCc1ccc2c(n1)N(C(=O)OC(C)(C)C)CCC2.CNOC.Nc1ncccc1C=O. The molecule has 5 N–H and O–H groups in total. The highest BCUT2D eigenvalue weighted by Gasteiger charge is 2.32. The summed E-state index contributed by atoms with van der Waals surface area (Å²) in [4.78, 5) is 149. The molecule has 6 aromatic rings. The molecule has 1 fully saturated rings. The maximum atomic E-state index is 12.4. The third-order valence-electron chi connectivity index (χ3n) is 15.9. The Balaban J connectivity index is 0.000000348. The van der Waals surface area contributed by atoms with Crippen molar-refractivity contribution in [3.63, 3.8) is 0 Å². The summed E-state index contributed by atoms with van der Waals surface area (Å²) in [5.74, 6) is 0.989. The summed E-state index contributed by atoms with van der Waals surface area (Å²) in [5, 5.41) is 13.0. The summed E-state index contributed by atoms with van der Waals surface area (Å²) >= 11 is 0. The van der Waals surface area contributed by atoms with Crippen molar-refractivity contribution in [1.29, 1.82) is 0 Å². The number of fused-ring (bicyclic) bond motifs is 4. The number of nitrogens with zero attached hydrogens (tertiary/aromatic N) is 10. The lowest BCUT2D eigenvalue weighted by atomic mass is 10.0. The Morgan fingerprint density at radius 3 is 1.34 bits per heavy atom. The van der Waals surface area contributed by atoms with Gasteiger partial charge in [-0.1, -0.05) is 18.2 Å². The number of amides is 4. The van der Waals surface area contributed by atoms with Crippen molar-refractivity contribution in [3.05, 3.63) is 130 Å². The molecule has 6 aromatic heterocycles. The number of carbonyl (C=O) groups excluding carboxylic acids is 9. The Morgan fingerprint density at radius 2 is 0.964 bits per heavy atom. The molecule has 0 saturated carbocycles. The summed E-state index contributed by atoms with van der Waals surface area (Å²) in [5.41, 5.74) is 13.6. The van der Waals surface area contributed by atoms with Gasteiger partial charge in [0.15, 0.2) is 11.9 Å². The smallest absolute Gasteiger partial charge is 0.416 e. The van der Waals surface area contributed by atoms with Gasteiger partial charge in [-0.3, -0.25) is 38.7 Å². The second-order valence-electron chi connectivity index (χ2n) is 29.1. The number of Topliss-reactive ketones (excluding diaryl/α,β-unsaturated/α-hetero) is 1. The van der Waals surface area contributed by atoms with Gasteiger partial charge in [0, 0.05) is 113 Å². The van der Waals surface area contributed by atoms with Crippen LogP contribution in [0.5, 0.6) is 0 Å². The molecule has 10 heterocycles. The third-order valence-corrected chi connectivity index (χ3v) is 15.9. The summed E-state index contributed by atoms with van der Waals surface area (Å²) < 4.78 is 25.8. The number of aliphatic carboxylic acids is 1. The summed E-state index contributed by atoms with van der Waals surface area (Å²) in [6.07, 6.45) is 15.6. The van der Waals surface area contributed by atoms with E-state index in [0.29, 0.717) is 125 Å². The first-order chi connectivity index (χ1) is 53.0. The number of esters is 2. The number of carbonyl (C=O) groups is 10. The second-order valence-corrected chi connectivity index (χ2v) is 29.1. The van der Waals surface area contributed by atoms with E-state index in [9.17, 15) is 47.9 Å². The van der Waals surface area contributed by atoms with Crippen molar-refractivity contribution < 1.29 is 81.6 Å². The van der Waals surface area contributed by atoms with Crippen molar-refractivity contribution in [2.45, 2.75) is 215 Å². The number of aromatic nitrogens is 6. The average Bonchev–Trinajstić information content (AvgIpc) is 1.19. The zero-order valence-electron chi connectivity index (χ0n) is 68.4. The summed E-state index contributed by atoms with van der Waals surface area (Å²) in [6, 6.07) is 22.7. The topological polar surface area (TPSA) is 387 Å². The van der Waals surface area contributed by atoms with E-state index in [1.807, 2.05) is 123 Å². The van der Waals surface area contributed by atoms with Crippen LogP contribution in [0.4, 0.5) is 37.7 Å². The van der Waals surface area contributed by atoms with Gasteiger partial charge in [0.1, 0.15) is 52.1 Å². The van der Waals surface area contributed by atoms with Crippen LogP contribution in [0, 0.1) is 0 Å². The van der Waals surface area contributed by atoms with E-state index in [4.69, 9.17) is 29.8 Å². The Bertz CT molecular complexity index is 3950. The lowest BCUT2D eigenvalue weighted by Crippen LogP contribution is -2.40. The number of nitrogens with two attached hydrogens (primary N) is 1. The number of hydrogen-bond donors (Lipinski definition) is 4. The van der Waals surface area contributed by atoms with Gasteiger partial charge in [0.05, 0.1) is 45.1 Å². The number of carboxylic acid groups (broad SMARTS) is 1. The fraction of sp³-hybridized carbons (Fsp3) is 0.537. The molecule has 0 aliphatic carbocycles. The van der Waals surface area contributed by atoms with E-state index >= 15 is 0 Å². The highest BCUT2D eigenvalue weighted by Crippen LogP contribution is 2.31. The third kappa shape index (κ3) is 38.5. The van der Waals surface area contributed by atoms with Gasteiger partial charge in [-0.05, 0) is 232 Å². The number of hydroxylamine groups is 1. The number of ketones is 1. The molecule has 0 bridgehead atoms. The van der Waals surface area contributed by atoms with Gasteiger partial charge in [-0.25, -0.2) is 49.8 Å². The van der Waals surface area contributed by atoms with Gasteiger partial charge in [-0.2, -0.15) is 0 Å². The number of rotatable bonds is 19. The van der Waals surface area contributed by atoms with Crippen molar-refractivity contribution in [3.8, 4) is 0 Å². The lowest BCUT2D eigenvalue weighted by Gasteiger charge is -2.31. The van der Waals surface area contributed by atoms with Crippen LogP contribution in [-0.4, -0.2) is 191 Å². The zero-order chi connectivity index (χ0) is 83.4. The molecule has 10 rings (SSSR count). The number of nitrogen functional groups attached to an aromatic ring is 1. The minimum absolute atomic E-state index is 0.0213. The van der Waals surface area contributed by atoms with E-state index in [2.05, 4.69) is 50.3 Å². The molecule has 4 aliphatic rings. The van der Waals surface area contributed by atoms with E-state index < -0.39 is 28.9 Å². The number of aldehydes is 2. The van der Waals surface area contributed by atoms with E-state index in [0.717, 1.165) is 84.0 Å². The first kappa shape index (κ1) is 95.7. The van der Waals surface area contributed by atoms with Crippen LogP contribution < -0.4 is 31.2 Å². The molecular weight excluding hydrogens is 1440 g/mol. The molecule has 30 heteroatoms. The molecule has 614 valence electrons. The Hall–Kier alpha value is -10.5. The van der Waals surface area contributed by atoms with Crippen LogP contribution in [0.3, 0.4) is 0 Å². The zero-order valence-corrected chi connectivity index (χ0v) is 68.4. The largest absolute Gasteiger partial charge is 0.481 e. The lowest BCUT2D eigenvalue weighted by molar-refractivity contribution is -0.144. The molecule has 0 radical (unpaired) electrons. The van der Waals surface area contributed by atoms with Gasteiger partial charge >= 0.3 is 36.2 Å². The van der Waals surface area contributed by atoms with E-state index in [-0.39, 0.29) is 54.5 Å². The minimum atomic E-state index is -0.858. The van der Waals surface area contributed by atoms with Crippen LogP contribution in [0.1, 0.15) is 204 Å². The maximum Gasteiger partial charge on any atom is 0.416 e. The van der Waals surface area contributed by atoms with Gasteiger partial charge in [0.2, 0.25) is 5.91 Å². The fourth-order valence-electron chi connectivity index (χ4n) is 10.5. The minimum Gasteiger partial charge on any atom is -0.481 e. The van der Waals surface area contributed by atoms with E-state index in [1.54, 1.807) is 86.2 Å². The van der Waals surface area contributed by atoms with Crippen LogP contribution in [0.25, 0.3) is 11.0 Å². The van der Waals surface area contributed by atoms with Crippen LogP contribution in [0.2, 0.25) is 0 Å². The predicted octanol–water partition coefficient (Wildman–Crippen LogP) is 12.1. The van der Waals surface area contributed by atoms with Crippen molar-refractivity contribution in [2.75, 3.05) is 94.6 Å². The number of nitrogens with one attached hydrogen (secondary N) is 2. The summed E-state index contributed by atoms with van der Waals surface area (Å²) in [6.45, 7) is 26.7. The number of ether oxygens (including phenoxy) is 5. The molecular formula is C82H119N13O17. The highest BCUT2D eigenvalue weighted by molar-refractivity contribution is 5.90. The molecule has 0 aromatic carbocycles. The number of pyridine rings is 6. The van der Waals surface area contributed by atoms with Crippen LogP contribution >= 0.6 is 0 Å². The van der Waals surface area contributed by atoms with Crippen LogP contribution in [0.15, 0.2) is 85.2 Å². The Labute approximate surface area is 659 Å². The first-order valence-corrected chi connectivity index (χ1v) is 38.0. The standard InChI is InChI=1S/C18H27N3O3.C16H22N2O4.C16H22N2O3.C13H14N2O2.C7H12O3.C6H6N2O.C4H9N.C2H7NO/c1-18(2,3)24-17(23)21-12-6-7-13-8-9-14(19-16(13)21)10-11-15(22)20(4)5;1-16(2,3)22-15(21)18-10-4-5-11-6-7-12(17-14(11)18)8-9-13(19)20;1-16(2,3)21-15(20)18-10-4-6-12-8-9-13(7-5-11-19)17-14(12)18;1-2-17-12(16)8-7-11-6-5-10-4-3-9-14-13(10)15-11;1-3-10-7(9)5-4-6(2)8;7-6-5(4-9)2-1-3-8-6;1-2-4-5-3-1;1-3-4-2/h8-9H,6-7,10-12H2,1-5H3;6-7H,4-5,8-10H2,1-3H3,(H,19,20);8-9,11H,4-7,10H2,1-3H3;3-6,9H,2,7-8H2,1H3;3-5H2,1-2H3;1-4H,(H2,7,8);5H,1-4H2;3H,1-2H3. The molecule has 0 spiro atoms. The molecule has 30 nitrogen and oxygen atoms in total. The molecule has 0 atom stereocenters. The average molecular weight is 1560 g/mol. The molecule has 4 amide bonds. The molecule has 1 saturated heterocycles. The fourth-order valence-corrected chi connectivity index (χ4v) is 10.5. The van der Waals surface area contributed by atoms with Crippen molar-refractivity contribution in [2.24, 2.45) is 0 Å². The Kier molecular flexibility index (Phi) is 43.1. The normalized spacial score (nSPS) is 13.0. The predicted molar refractivity (Wildman–Crippen MR) is 429 cm³/mol. The highest BCUT2D eigenvalue weighted by atomic mass is 16.6. The maximum absolute atomic E-state index is 12.4. The first-order valence-electron chi connectivity index (χ1n) is 38.0. The Morgan fingerprint density at radius 1 is 0.554 bits per heavy atom. The van der Waals surface area contributed by atoms with Gasteiger partial charge in [0.25, 0.3) is 0 Å². The number of anilines is 4. The van der Waals surface area contributed by atoms with Crippen molar-refractivity contribution in [1.82, 2.24) is 45.6 Å². The van der Waals surface area contributed by atoms with Crippen molar-refractivity contribution >= 4 is 94.8 Å². The quantitative estimate of drug-likeness (QED) is 0.0253. The van der Waals surface area contributed by atoms with Crippen LogP contribution in [-0.2, 0) is 102 Å². The molecule has 112 heavy (non-hydrogen) atoms. The summed E-state index contributed by atoms with van der Waals surface area (Å²) in [7, 11) is 6.76. The molecule has 0 unspecified atom stereocenters.